The minimum Gasteiger partial charge on any atom is -0.490 e. The molecule has 1 aromatic carbocycles. The fourth-order valence-corrected chi connectivity index (χ4v) is 3.91. The largest absolute Gasteiger partial charge is 0.490 e. The lowest BCUT2D eigenvalue weighted by Crippen LogP contribution is -2.38. The van der Waals surface area contributed by atoms with Gasteiger partial charge in [-0.2, -0.15) is 5.10 Å². The quantitative estimate of drug-likeness (QED) is 0.884. The maximum Gasteiger partial charge on any atom is 0.123 e. The van der Waals surface area contributed by atoms with Crippen LogP contribution in [0.1, 0.15) is 37.7 Å². The smallest absolute Gasteiger partial charge is 0.123 e. The van der Waals surface area contributed by atoms with Gasteiger partial charge in [-0.15, -0.1) is 0 Å². The van der Waals surface area contributed by atoms with E-state index in [0.717, 1.165) is 49.3 Å². The summed E-state index contributed by atoms with van der Waals surface area (Å²) in [6, 6.07) is 4.77. The van der Waals surface area contributed by atoms with Crippen LogP contribution in [0.2, 0.25) is 0 Å². The molecule has 1 aliphatic heterocycles. The van der Waals surface area contributed by atoms with Crippen molar-refractivity contribution in [1.29, 1.82) is 0 Å². The Morgan fingerprint density at radius 1 is 1.25 bits per heavy atom. The highest BCUT2D eigenvalue weighted by molar-refractivity contribution is 5.83. The molecule has 0 bridgehead atoms. The lowest BCUT2D eigenvalue weighted by atomic mass is 9.92. The summed E-state index contributed by atoms with van der Waals surface area (Å²) in [5, 5.41) is 12.0. The zero-order valence-electron chi connectivity index (χ0n) is 14.4. The molecular formula is C19H27N3O2. The van der Waals surface area contributed by atoms with Gasteiger partial charge in [-0.05, 0) is 57.1 Å². The third-order valence-corrected chi connectivity index (χ3v) is 5.53. The van der Waals surface area contributed by atoms with Gasteiger partial charge in [0, 0.05) is 30.1 Å². The maximum atomic E-state index is 6.30. The predicted octanol–water partition coefficient (Wildman–Crippen LogP) is 3.19. The molecule has 0 amide bonds. The number of rotatable bonds is 5. The lowest BCUT2D eigenvalue weighted by Gasteiger charge is -2.30. The second kappa shape index (κ2) is 7.11. The topological polar surface area (TPSA) is 59.2 Å². The van der Waals surface area contributed by atoms with E-state index in [-0.39, 0.29) is 0 Å². The van der Waals surface area contributed by atoms with Crippen LogP contribution in [0.5, 0.6) is 5.75 Å². The van der Waals surface area contributed by atoms with Crippen molar-refractivity contribution in [1.82, 2.24) is 15.5 Å². The van der Waals surface area contributed by atoms with Crippen LogP contribution in [0.4, 0.5) is 0 Å². The van der Waals surface area contributed by atoms with Gasteiger partial charge in [-0.1, -0.05) is 0 Å². The van der Waals surface area contributed by atoms with Gasteiger partial charge in [0.15, 0.2) is 0 Å². The summed E-state index contributed by atoms with van der Waals surface area (Å²) >= 11 is 0. The number of benzene rings is 1. The number of nitrogens with zero attached hydrogens (tertiary/aromatic N) is 1. The standard InChI is InChI=1S/C19H27N3O2/c1-13-17-11-21-22-18(17)6-7-19(13)24-16-4-2-15(3-5-16)20-10-14-8-9-23-12-14/h6-7,11,14-16,20H,2-5,8-10,12H2,1H3,(H,21,22)/t14?,15-,16+. The Bertz CT molecular complexity index is 670. The van der Waals surface area contributed by atoms with E-state index in [1.807, 2.05) is 6.20 Å². The van der Waals surface area contributed by atoms with E-state index in [0.29, 0.717) is 18.1 Å². The molecule has 1 aromatic heterocycles. The Balaban J connectivity index is 1.28. The Labute approximate surface area is 143 Å². The van der Waals surface area contributed by atoms with Crippen molar-refractivity contribution in [2.75, 3.05) is 19.8 Å². The van der Waals surface area contributed by atoms with Crippen LogP contribution in [0, 0.1) is 12.8 Å². The average Bonchev–Trinajstić information content (AvgIpc) is 3.28. The van der Waals surface area contributed by atoms with Crippen molar-refractivity contribution in [2.45, 2.75) is 51.2 Å². The fraction of sp³-hybridized carbons (Fsp3) is 0.632. The number of hydrogen-bond acceptors (Lipinski definition) is 4. The first-order valence-electron chi connectivity index (χ1n) is 9.20. The minimum absolute atomic E-state index is 0.334. The van der Waals surface area contributed by atoms with Gasteiger partial charge in [0.05, 0.1) is 24.4 Å². The summed E-state index contributed by atoms with van der Waals surface area (Å²) in [6.45, 7) is 5.09. The predicted molar refractivity (Wildman–Crippen MR) is 94.4 cm³/mol. The van der Waals surface area contributed by atoms with E-state index < -0.39 is 0 Å². The average molecular weight is 329 g/mol. The molecule has 1 saturated carbocycles. The van der Waals surface area contributed by atoms with Gasteiger partial charge in [0.2, 0.25) is 0 Å². The number of H-pyrrole nitrogens is 1. The highest BCUT2D eigenvalue weighted by Crippen LogP contribution is 2.30. The number of aryl methyl sites for hydroxylation is 1. The number of hydrogen-bond donors (Lipinski definition) is 2. The Morgan fingerprint density at radius 2 is 2.12 bits per heavy atom. The van der Waals surface area contributed by atoms with Crippen molar-refractivity contribution in [2.24, 2.45) is 5.92 Å². The number of fused-ring (bicyclic) bond motifs is 1. The molecule has 1 aliphatic carbocycles. The van der Waals surface area contributed by atoms with E-state index in [2.05, 4.69) is 34.6 Å². The minimum atomic E-state index is 0.334. The second-order valence-electron chi connectivity index (χ2n) is 7.25. The van der Waals surface area contributed by atoms with Gasteiger partial charge < -0.3 is 14.8 Å². The first-order valence-corrected chi connectivity index (χ1v) is 9.20. The van der Waals surface area contributed by atoms with Crippen LogP contribution >= 0.6 is 0 Å². The third kappa shape index (κ3) is 3.42. The van der Waals surface area contributed by atoms with Crippen molar-refractivity contribution in [3.05, 3.63) is 23.9 Å². The zero-order chi connectivity index (χ0) is 16.4. The first-order chi connectivity index (χ1) is 11.8. The van der Waals surface area contributed by atoms with Gasteiger partial charge >= 0.3 is 0 Å². The van der Waals surface area contributed by atoms with Crippen molar-refractivity contribution < 1.29 is 9.47 Å². The highest BCUT2D eigenvalue weighted by Gasteiger charge is 2.24. The number of aromatic amines is 1. The van der Waals surface area contributed by atoms with Crippen LogP contribution in [0.15, 0.2) is 18.3 Å². The fourth-order valence-electron chi connectivity index (χ4n) is 3.91. The molecule has 24 heavy (non-hydrogen) atoms. The molecule has 1 unspecified atom stereocenters. The lowest BCUT2D eigenvalue weighted by molar-refractivity contribution is 0.136. The van der Waals surface area contributed by atoms with E-state index in [4.69, 9.17) is 9.47 Å². The Hall–Kier alpha value is -1.59. The van der Waals surface area contributed by atoms with E-state index in [1.54, 1.807) is 0 Å². The molecule has 1 saturated heterocycles. The molecule has 2 aliphatic rings. The monoisotopic (exact) mass is 329 g/mol. The third-order valence-electron chi connectivity index (χ3n) is 5.53. The summed E-state index contributed by atoms with van der Waals surface area (Å²) in [5.74, 6) is 1.71. The number of aromatic nitrogens is 2. The molecule has 2 heterocycles. The van der Waals surface area contributed by atoms with Crippen LogP contribution in [0.3, 0.4) is 0 Å². The van der Waals surface area contributed by atoms with E-state index in [1.165, 1.54) is 24.8 Å². The van der Waals surface area contributed by atoms with E-state index >= 15 is 0 Å². The van der Waals surface area contributed by atoms with Crippen molar-refractivity contribution in [3.8, 4) is 5.75 Å². The molecule has 5 nitrogen and oxygen atoms in total. The Morgan fingerprint density at radius 3 is 2.92 bits per heavy atom. The van der Waals surface area contributed by atoms with Gasteiger partial charge in [-0.3, -0.25) is 5.10 Å². The molecule has 0 spiro atoms. The molecule has 0 radical (unpaired) electrons. The molecule has 130 valence electrons. The van der Waals surface area contributed by atoms with Gasteiger partial charge in [0.25, 0.3) is 0 Å². The molecule has 2 N–H and O–H groups in total. The molecule has 2 aromatic rings. The summed E-state index contributed by atoms with van der Waals surface area (Å²) in [6.07, 6.45) is 8.08. The van der Waals surface area contributed by atoms with Crippen LogP contribution in [-0.2, 0) is 4.74 Å². The van der Waals surface area contributed by atoms with Crippen molar-refractivity contribution in [3.63, 3.8) is 0 Å². The van der Waals surface area contributed by atoms with Crippen LogP contribution in [0.25, 0.3) is 10.9 Å². The molecule has 4 rings (SSSR count). The highest BCUT2D eigenvalue weighted by atomic mass is 16.5. The summed E-state index contributed by atoms with van der Waals surface area (Å²) in [7, 11) is 0. The number of nitrogens with one attached hydrogen (secondary N) is 2. The summed E-state index contributed by atoms with van der Waals surface area (Å²) in [5.41, 5.74) is 2.26. The molecule has 1 atom stereocenters. The first kappa shape index (κ1) is 15.9. The van der Waals surface area contributed by atoms with Gasteiger partial charge in [-0.25, -0.2) is 0 Å². The zero-order valence-corrected chi connectivity index (χ0v) is 14.4. The SMILES string of the molecule is Cc1c(O[C@H]2CC[C@@H](NCC3CCOC3)CC2)ccc2[nH]ncc12. The van der Waals surface area contributed by atoms with Gasteiger partial charge in [0.1, 0.15) is 5.75 Å². The second-order valence-corrected chi connectivity index (χ2v) is 7.25. The maximum absolute atomic E-state index is 6.30. The van der Waals surface area contributed by atoms with Crippen LogP contribution in [-0.4, -0.2) is 42.1 Å². The molecular weight excluding hydrogens is 302 g/mol. The Kier molecular flexibility index (Phi) is 4.72. The van der Waals surface area contributed by atoms with Crippen molar-refractivity contribution >= 4 is 10.9 Å². The molecule has 5 heteroatoms. The normalized spacial score (nSPS) is 27.6. The van der Waals surface area contributed by atoms with E-state index in [9.17, 15) is 0 Å². The number of ether oxygens (including phenoxy) is 2. The van der Waals surface area contributed by atoms with Crippen LogP contribution < -0.4 is 10.1 Å². The summed E-state index contributed by atoms with van der Waals surface area (Å²) in [4.78, 5) is 0. The molecule has 2 fully saturated rings. The summed E-state index contributed by atoms with van der Waals surface area (Å²) < 4.78 is 11.7.